The second-order valence-corrected chi connectivity index (χ2v) is 9.83. The number of ketones is 1. The van der Waals surface area contributed by atoms with E-state index < -0.39 is 29.2 Å². The first-order valence-corrected chi connectivity index (χ1v) is 11.3. The van der Waals surface area contributed by atoms with E-state index in [0.717, 1.165) is 12.8 Å². The molecule has 7 nitrogen and oxygen atoms in total. The van der Waals surface area contributed by atoms with Crippen LogP contribution in [-0.2, 0) is 18.3 Å². The maximum Gasteiger partial charge on any atom is 0.294 e. The molecule has 0 saturated heterocycles. The van der Waals surface area contributed by atoms with Gasteiger partial charge in [-0.2, -0.15) is 0 Å². The second kappa shape index (κ2) is 8.41. The van der Waals surface area contributed by atoms with Crippen molar-refractivity contribution in [2.24, 2.45) is 13.0 Å². The number of carbonyl (C=O) groups is 3. The first kappa shape index (κ1) is 23.2. The van der Waals surface area contributed by atoms with Gasteiger partial charge in [-0.25, -0.2) is 4.39 Å². The molecule has 176 valence electrons. The minimum absolute atomic E-state index is 0.187. The Hall–Kier alpha value is -3.00. The van der Waals surface area contributed by atoms with Crippen molar-refractivity contribution in [3.8, 4) is 0 Å². The number of aromatic nitrogens is 1. The van der Waals surface area contributed by atoms with Crippen LogP contribution in [0.2, 0.25) is 0 Å². The molecular weight excluding hydrogens is 425 g/mol. The van der Waals surface area contributed by atoms with E-state index in [2.05, 4.69) is 10.6 Å². The lowest BCUT2D eigenvalue weighted by Gasteiger charge is -2.42. The Kier molecular flexibility index (Phi) is 5.90. The third-order valence-corrected chi connectivity index (χ3v) is 6.79. The maximum atomic E-state index is 13.6. The van der Waals surface area contributed by atoms with Crippen LogP contribution in [0.5, 0.6) is 0 Å². The summed E-state index contributed by atoms with van der Waals surface area (Å²) in [6, 6.07) is 4.34. The number of hydrogen-bond donors (Lipinski definition) is 3. The number of Topliss-reactive ketones (excluding diaryl/α,β-unsaturated/α-hetero) is 1. The van der Waals surface area contributed by atoms with Gasteiger partial charge < -0.3 is 20.3 Å². The van der Waals surface area contributed by atoms with Crippen LogP contribution in [0.15, 0.2) is 18.2 Å². The van der Waals surface area contributed by atoms with E-state index in [1.54, 1.807) is 38.5 Å². The van der Waals surface area contributed by atoms with Gasteiger partial charge in [-0.15, -0.1) is 0 Å². The molecule has 2 aromatic rings. The molecule has 1 aromatic heterocycles. The van der Waals surface area contributed by atoms with Crippen molar-refractivity contribution >= 4 is 23.3 Å². The summed E-state index contributed by atoms with van der Waals surface area (Å²) in [6.45, 7) is 5.09. The van der Waals surface area contributed by atoms with Gasteiger partial charge in [0, 0.05) is 24.0 Å². The summed E-state index contributed by atoms with van der Waals surface area (Å²) in [7, 11) is 1.71. The number of amides is 2. The number of aliphatic hydroxyl groups is 1. The van der Waals surface area contributed by atoms with Crippen LogP contribution in [0.1, 0.15) is 70.3 Å². The average molecular weight is 456 g/mol. The highest BCUT2D eigenvalue weighted by atomic mass is 19.1. The van der Waals surface area contributed by atoms with Crippen molar-refractivity contribution in [2.75, 3.05) is 5.32 Å². The van der Waals surface area contributed by atoms with Crippen LogP contribution in [0.25, 0.3) is 0 Å². The Morgan fingerprint density at radius 3 is 2.45 bits per heavy atom. The lowest BCUT2D eigenvalue weighted by Crippen LogP contribution is -2.58. The standard InChI is InChI=1S/C25H30FN3O4/c1-13-9-16(7-8-18(13)26)27-23(32)20-14(2)21(29(4)19(20)10-15-5-6-15)22(31)24(33)28-25(3)11-17(30)12-25/h7-9,15,17,30H,5-6,10-12H2,1-4H3,(H,27,32)(H,28,33). The Labute approximate surface area is 192 Å². The minimum Gasteiger partial charge on any atom is -0.393 e. The molecule has 2 fully saturated rings. The number of rotatable bonds is 7. The molecule has 33 heavy (non-hydrogen) atoms. The molecule has 2 saturated carbocycles. The summed E-state index contributed by atoms with van der Waals surface area (Å²) in [5.41, 5.74) is 2.00. The molecule has 8 heteroatoms. The maximum absolute atomic E-state index is 13.6. The van der Waals surface area contributed by atoms with Crippen molar-refractivity contribution in [3.05, 3.63) is 52.1 Å². The molecule has 0 atom stereocenters. The Balaban J connectivity index is 1.64. The van der Waals surface area contributed by atoms with Gasteiger partial charge in [-0.1, -0.05) is 0 Å². The summed E-state index contributed by atoms with van der Waals surface area (Å²) >= 11 is 0. The fraction of sp³-hybridized carbons (Fsp3) is 0.480. The van der Waals surface area contributed by atoms with Crippen LogP contribution in [-0.4, -0.2) is 38.9 Å². The van der Waals surface area contributed by atoms with E-state index >= 15 is 0 Å². The lowest BCUT2D eigenvalue weighted by atomic mass is 9.76. The highest BCUT2D eigenvalue weighted by Crippen LogP contribution is 2.36. The number of aliphatic hydroxyl groups excluding tert-OH is 1. The highest BCUT2D eigenvalue weighted by Gasteiger charge is 2.42. The SMILES string of the molecule is Cc1cc(NC(=O)c2c(C)c(C(=O)C(=O)NC3(C)CC(O)C3)n(C)c2CC2CC2)ccc1F. The summed E-state index contributed by atoms with van der Waals surface area (Å²) in [4.78, 5) is 39.2. The van der Waals surface area contributed by atoms with Crippen LogP contribution in [0.3, 0.4) is 0 Å². The van der Waals surface area contributed by atoms with Crippen LogP contribution in [0.4, 0.5) is 10.1 Å². The molecule has 2 aliphatic carbocycles. The number of anilines is 1. The van der Waals surface area contributed by atoms with Crippen molar-refractivity contribution < 1.29 is 23.9 Å². The number of nitrogens with one attached hydrogen (secondary N) is 2. The summed E-state index contributed by atoms with van der Waals surface area (Å²) in [5, 5.41) is 15.1. The second-order valence-electron chi connectivity index (χ2n) is 9.83. The van der Waals surface area contributed by atoms with E-state index in [1.165, 1.54) is 12.1 Å². The molecule has 1 aromatic carbocycles. The quantitative estimate of drug-likeness (QED) is 0.441. The summed E-state index contributed by atoms with van der Waals surface area (Å²) < 4.78 is 15.3. The van der Waals surface area contributed by atoms with Crippen molar-refractivity contribution in [2.45, 2.75) is 64.5 Å². The molecule has 4 rings (SSSR count). The van der Waals surface area contributed by atoms with E-state index in [-0.39, 0.29) is 11.5 Å². The molecule has 3 N–H and O–H groups in total. The van der Waals surface area contributed by atoms with E-state index in [4.69, 9.17) is 0 Å². The summed E-state index contributed by atoms with van der Waals surface area (Å²) in [6.07, 6.45) is 3.09. The van der Waals surface area contributed by atoms with Gasteiger partial charge >= 0.3 is 0 Å². The predicted molar refractivity (Wildman–Crippen MR) is 122 cm³/mol. The number of halogens is 1. The Bertz CT molecular complexity index is 1140. The van der Waals surface area contributed by atoms with Gasteiger partial charge in [-0.05, 0) is 88.1 Å². The Morgan fingerprint density at radius 1 is 1.21 bits per heavy atom. The molecule has 0 spiro atoms. The van der Waals surface area contributed by atoms with E-state index in [1.807, 2.05) is 0 Å². The monoisotopic (exact) mass is 455 g/mol. The zero-order valence-corrected chi connectivity index (χ0v) is 19.4. The smallest absolute Gasteiger partial charge is 0.294 e. The molecule has 0 radical (unpaired) electrons. The zero-order chi connectivity index (χ0) is 24.1. The topological polar surface area (TPSA) is 100 Å². The number of hydrogen-bond acceptors (Lipinski definition) is 4. The zero-order valence-electron chi connectivity index (χ0n) is 19.4. The fourth-order valence-corrected chi connectivity index (χ4v) is 4.78. The van der Waals surface area contributed by atoms with Crippen molar-refractivity contribution in [1.29, 1.82) is 0 Å². The third kappa shape index (κ3) is 4.57. The van der Waals surface area contributed by atoms with Gasteiger partial charge in [0.15, 0.2) is 0 Å². The van der Waals surface area contributed by atoms with Crippen molar-refractivity contribution in [1.82, 2.24) is 9.88 Å². The van der Waals surface area contributed by atoms with Crippen LogP contribution in [0, 0.1) is 25.6 Å². The molecule has 1 heterocycles. The van der Waals surface area contributed by atoms with Gasteiger partial charge in [0.05, 0.1) is 17.4 Å². The normalized spacial score (nSPS) is 21.9. The lowest BCUT2D eigenvalue weighted by molar-refractivity contribution is -0.121. The first-order chi connectivity index (χ1) is 15.5. The molecule has 0 aliphatic heterocycles. The van der Waals surface area contributed by atoms with Gasteiger partial charge in [0.25, 0.3) is 17.6 Å². The first-order valence-electron chi connectivity index (χ1n) is 11.3. The number of benzene rings is 1. The van der Waals surface area contributed by atoms with E-state index in [9.17, 15) is 23.9 Å². The minimum atomic E-state index is -0.743. The largest absolute Gasteiger partial charge is 0.393 e. The number of carbonyl (C=O) groups excluding carboxylic acids is 3. The fourth-order valence-electron chi connectivity index (χ4n) is 4.78. The molecular formula is C25H30FN3O4. The molecule has 0 bridgehead atoms. The van der Waals surface area contributed by atoms with Crippen LogP contribution < -0.4 is 10.6 Å². The Morgan fingerprint density at radius 2 is 1.88 bits per heavy atom. The number of nitrogens with zero attached hydrogens (tertiary/aromatic N) is 1. The van der Waals surface area contributed by atoms with Gasteiger partial charge in [0.1, 0.15) is 5.82 Å². The summed E-state index contributed by atoms with van der Waals surface area (Å²) in [5.74, 6) is -1.74. The molecule has 2 amide bonds. The van der Waals surface area contributed by atoms with Crippen LogP contribution >= 0.6 is 0 Å². The molecule has 0 unspecified atom stereocenters. The van der Waals surface area contributed by atoms with Gasteiger partial charge in [0.2, 0.25) is 0 Å². The van der Waals surface area contributed by atoms with E-state index in [0.29, 0.717) is 53.3 Å². The third-order valence-electron chi connectivity index (χ3n) is 6.79. The highest BCUT2D eigenvalue weighted by molar-refractivity contribution is 6.43. The van der Waals surface area contributed by atoms with Gasteiger partial charge in [-0.3, -0.25) is 14.4 Å². The van der Waals surface area contributed by atoms with Crippen molar-refractivity contribution in [3.63, 3.8) is 0 Å². The predicted octanol–water partition coefficient (Wildman–Crippen LogP) is 3.20. The number of aryl methyl sites for hydroxylation is 1. The molecule has 2 aliphatic rings. The average Bonchev–Trinajstić information content (AvgIpc) is 3.49.